The van der Waals surface area contributed by atoms with Crippen LogP contribution in [0, 0.1) is 6.92 Å². The van der Waals surface area contributed by atoms with E-state index in [-0.39, 0.29) is 11.4 Å². The van der Waals surface area contributed by atoms with Gasteiger partial charge in [-0.3, -0.25) is 0 Å². The van der Waals surface area contributed by atoms with Gasteiger partial charge in [0.05, 0.1) is 4.90 Å². The molecule has 1 aromatic heterocycles. The SMILES string of the molecule is Cc1noc(CCNS(=O)(=O)c2ccc(CN)cc2Br)n1. The summed E-state index contributed by atoms with van der Waals surface area (Å²) in [5.74, 6) is 0.917. The van der Waals surface area contributed by atoms with Gasteiger partial charge in [-0.25, -0.2) is 13.1 Å². The summed E-state index contributed by atoms with van der Waals surface area (Å²) < 4.78 is 32.3. The zero-order chi connectivity index (χ0) is 15.5. The van der Waals surface area contributed by atoms with Crippen LogP contribution >= 0.6 is 15.9 Å². The number of hydrogen-bond acceptors (Lipinski definition) is 6. The quantitative estimate of drug-likeness (QED) is 0.783. The molecule has 0 fully saturated rings. The second kappa shape index (κ2) is 6.65. The summed E-state index contributed by atoms with van der Waals surface area (Å²) in [6, 6.07) is 4.89. The maximum absolute atomic E-state index is 12.2. The molecule has 2 rings (SSSR count). The van der Waals surface area contributed by atoms with Crippen LogP contribution in [-0.4, -0.2) is 25.1 Å². The van der Waals surface area contributed by atoms with Gasteiger partial charge < -0.3 is 10.3 Å². The van der Waals surface area contributed by atoms with Crippen molar-refractivity contribution in [3.63, 3.8) is 0 Å². The number of sulfonamides is 1. The molecule has 1 aromatic carbocycles. The van der Waals surface area contributed by atoms with Gasteiger partial charge in [0, 0.05) is 24.0 Å². The lowest BCUT2D eigenvalue weighted by Gasteiger charge is -2.08. The molecule has 7 nitrogen and oxygen atoms in total. The molecule has 0 aliphatic rings. The Hall–Kier alpha value is -1.29. The zero-order valence-corrected chi connectivity index (χ0v) is 13.7. The van der Waals surface area contributed by atoms with Crippen LogP contribution in [0.3, 0.4) is 0 Å². The Kier molecular flexibility index (Phi) is 5.09. The third kappa shape index (κ3) is 4.10. The number of benzene rings is 1. The van der Waals surface area contributed by atoms with Crippen LogP contribution in [0.5, 0.6) is 0 Å². The van der Waals surface area contributed by atoms with E-state index in [0.29, 0.717) is 29.2 Å². The Bertz CT molecular complexity index is 730. The Balaban J connectivity index is 2.04. The molecule has 0 radical (unpaired) electrons. The van der Waals surface area contributed by atoms with Crippen LogP contribution in [0.15, 0.2) is 32.1 Å². The molecule has 0 spiro atoms. The number of nitrogens with two attached hydrogens (primary N) is 1. The van der Waals surface area contributed by atoms with E-state index in [4.69, 9.17) is 10.3 Å². The average molecular weight is 375 g/mol. The van der Waals surface area contributed by atoms with Crippen LogP contribution in [0.4, 0.5) is 0 Å². The number of rotatable bonds is 6. The molecule has 0 bridgehead atoms. The van der Waals surface area contributed by atoms with Crippen molar-refractivity contribution in [2.24, 2.45) is 5.73 Å². The minimum Gasteiger partial charge on any atom is -0.339 e. The standard InChI is InChI=1S/C12H15BrN4O3S/c1-8-16-12(20-17-8)4-5-15-21(18,19)11-3-2-9(7-14)6-10(11)13/h2-3,6,15H,4-5,7,14H2,1H3. The first-order valence-electron chi connectivity index (χ1n) is 6.20. The van der Waals surface area contributed by atoms with Gasteiger partial charge >= 0.3 is 0 Å². The fourth-order valence-corrected chi connectivity index (χ4v) is 3.86. The molecule has 2 aromatic rings. The van der Waals surface area contributed by atoms with Crippen molar-refractivity contribution in [1.29, 1.82) is 0 Å². The van der Waals surface area contributed by atoms with E-state index in [9.17, 15) is 8.42 Å². The van der Waals surface area contributed by atoms with Crippen LogP contribution in [0.2, 0.25) is 0 Å². The van der Waals surface area contributed by atoms with Gasteiger partial charge in [0.25, 0.3) is 0 Å². The predicted octanol–water partition coefficient (Wildman–Crippen LogP) is 1.12. The fraction of sp³-hybridized carbons (Fsp3) is 0.333. The van der Waals surface area contributed by atoms with Gasteiger partial charge in [-0.05, 0) is 40.5 Å². The Morgan fingerprint density at radius 1 is 1.43 bits per heavy atom. The average Bonchev–Trinajstić information content (AvgIpc) is 2.83. The van der Waals surface area contributed by atoms with Crippen molar-refractivity contribution in [3.8, 4) is 0 Å². The number of nitrogens with zero attached hydrogens (tertiary/aromatic N) is 2. The van der Waals surface area contributed by atoms with E-state index >= 15 is 0 Å². The molecule has 1 heterocycles. The second-order valence-corrected chi connectivity index (χ2v) is 6.94. The maximum Gasteiger partial charge on any atom is 0.241 e. The Labute approximate surface area is 131 Å². The minimum atomic E-state index is -3.61. The summed E-state index contributed by atoms with van der Waals surface area (Å²) in [5.41, 5.74) is 6.36. The summed E-state index contributed by atoms with van der Waals surface area (Å²) >= 11 is 3.25. The highest BCUT2D eigenvalue weighted by Gasteiger charge is 2.17. The zero-order valence-electron chi connectivity index (χ0n) is 11.3. The summed E-state index contributed by atoms with van der Waals surface area (Å²) in [6.45, 7) is 2.23. The molecule has 3 N–H and O–H groups in total. The fourth-order valence-electron chi connectivity index (χ4n) is 1.70. The highest BCUT2D eigenvalue weighted by Crippen LogP contribution is 2.23. The summed E-state index contributed by atoms with van der Waals surface area (Å²) in [7, 11) is -3.61. The predicted molar refractivity (Wildman–Crippen MR) is 80.0 cm³/mol. The van der Waals surface area contributed by atoms with E-state index in [0.717, 1.165) is 5.56 Å². The molecule has 0 atom stereocenters. The van der Waals surface area contributed by atoms with E-state index in [2.05, 4.69) is 30.8 Å². The number of nitrogens with one attached hydrogen (secondary N) is 1. The van der Waals surface area contributed by atoms with Crippen molar-refractivity contribution in [2.75, 3.05) is 6.54 Å². The molecular weight excluding hydrogens is 360 g/mol. The van der Waals surface area contributed by atoms with Gasteiger partial charge in [0.2, 0.25) is 15.9 Å². The minimum absolute atomic E-state index is 0.168. The first kappa shape index (κ1) is 16.1. The maximum atomic E-state index is 12.2. The number of hydrogen-bond donors (Lipinski definition) is 2. The van der Waals surface area contributed by atoms with Crippen molar-refractivity contribution in [3.05, 3.63) is 40.0 Å². The van der Waals surface area contributed by atoms with Crippen molar-refractivity contribution >= 4 is 26.0 Å². The molecule has 0 aliphatic carbocycles. The topological polar surface area (TPSA) is 111 Å². The van der Waals surface area contributed by atoms with Crippen LogP contribution in [0.25, 0.3) is 0 Å². The number of halogens is 1. The molecule has 0 aliphatic heterocycles. The molecular formula is C12H15BrN4O3S. The van der Waals surface area contributed by atoms with Crippen LogP contribution < -0.4 is 10.5 Å². The lowest BCUT2D eigenvalue weighted by atomic mass is 10.2. The first-order valence-corrected chi connectivity index (χ1v) is 8.47. The molecule has 0 saturated heterocycles. The van der Waals surface area contributed by atoms with Gasteiger partial charge in [-0.2, -0.15) is 4.98 Å². The smallest absolute Gasteiger partial charge is 0.241 e. The highest BCUT2D eigenvalue weighted by molar-refractivity contribution is 9.10. The number of aromatic nitrogens is 2. The van der Waals surface area contributed by atoms with Gasteiger partial charge in [-0.1, -0.05) is 11.2 Å². The summed E-state index contributed by atoms with van der Waals surface area (Å²) in [5, 5.41) is 3.64. The molecule has 0 amide bonds. The van der Waals surface area contributed by atoms with E-state index in [1.54, 1.807) is 19.1 Å². The monoisotopic (exact) mass is 374 g/mol. The van der Waals surface area contributed by atoms with Crippen molar-refractivity contribution < 1.29 is 12.9 Å². The Morgan fingerprint density at radius 2 is 2.19 bits per heavy atom. The molecule has 0 unspecified atom stereocenters. The molecule has 114 valence electrons. The molecule has 21 heavy (non-hydrogen) atoms. The van der Waals surface area contributed by atoms with Crippen LogP contribution in [0.1, 0.15) is 17.3 Å². The van der Waals surface area contributed by atoms with E-state index in [1.807, 2.05) is 0 Å². The normalized spacial score (nSPS) is 11.8. The molecule has 9 heteroatoms. The first-order chi connectivity index (χ1) is 9.92. The third-order valence-electron chi connectivity index (χ3n) is 2.72. The Morgan fingerprint density at radius 3 is 2.76 bits per heavy atom. The highest BCUT2D eigenvalue weighted by atomic mass is 79.9. The van der Waals surface area contributed by atoms with Crippen molar-refractivity contribution in [1.82, 2.24) is 14.9 Å². The number of aryl methyl sites for hydroxylation is 1. The third-order valence-corrected chi connectivity index (χ3v) is 5.16. The van der Waals surface area contributed by atoms with Gasteiger partial charge in [0.15, 0.2) is 5.82 Å². The van der Waals surface area contributed by atoms with Crippen LogP contribution in [-0.2, 0) is 23.0 Å². The van der Waals surface area contributed by atoms with Gasteiger partial charge in [0.1, 0.15) is 0 Å². The summed E-state index contributed by atoms with van der Waals surface area (Å²) in [6.07, 6.45) is 0.332. The van der Waals surface area contributed by atoms with Gasteiger partial charge in [-0.15, -0.1) is 0 Å². The van der Waals surface area contributed by atoms with E-state index < -0.39 is 10.0 Å². The lowest BCUT2D eigenvalue weighted by Crippen LogP contribution is -2.26. The second-order valence-electron chi connectivity index (χ2n) is 4.35. The summed E-state index contributed by atoms with van der Waals surface area (Å²) in [4.78, 5) is 4.18. The van der Waals surface area contributed by atoms with E-state index in [1.165, 1.54) is 6.07 Å². The lowest BCUT2D eigenvalue weighted by molar-refractivity contribution is 0.375. The molecule has 0 saturated carbocycles. The van der Waals surface area contributed by atoms with Crippen molar-refractivity contribution in [2.45, 2.75) is 24.8 Å². The largest absolute Gasteiger partial charge is 0.339 e.